The normalized spacial score (nSPS) is 21.7. The molecule has 1 fully saturated rings. The Balaban J connectivity index is 2.23. The van der Waals surface area contributed by atoms with Crippen LogP contribution in [0.1, 0.15) is 32.1 Å². The van der Waals surface area contributed by atoms with Crippen LogP contribution in [-0.2, 0) is 0 Å². The average molecular weight is 244 g/mol. The highest BCUT2D eigenvalue weighted by atomic mass is 16.3. The first-order valence-electron chi connectivity index (χ1n) is 6.72. The standard InChI is InChI=1S/C13H28N2O2/c1-15(2)9-12(17)8-14-10-13(11-16)6-4-3-5-7-13/h12,14,16-17H,3-11H2,1-2H3. The van der Waals surface area contributed by atoms with Gasteiger partial charge in [0.25, 0.3) is 0 Å². The Labute approximate surface area is 105 Å². The van der Waals surface area contributed by atoms with Crippen LogP contribution in [0.4, 0.5) is 0 Å². The van der Waals surface area contributed by atoms with Gasteiger partial charge >= 0.3 is 0 Å². The predicted octanol–water partition coefficient (Wildman–Crippen LogP) is 0.441. The summed E-state index contributed by atoms with van der Waals surface area (Å²) in [5.74, 6) is 0. The van der Waals surface area contributed by atoms with E-state index in [-0.39, 0.29) is 18.1 Å². The first-order valence-corrected chi connectivity index (χ1v) is 6.72. The molecule has 0 spiro atoms. The number of nitrogens with zero attached hydrogens (tertiary/aromatic N) is 1. The number of aliphatic hydroxyl groups excluding tert-OH is 2. The minimum absolute atomic E-state index is 0.0656. The van der Waals surface area contributed by atoms with Crippen LogP contribution >= 0.6 is 0 Å². The predicted molar refractivity (Wildman–Crippen MR) is 70.0 cm³/mol. The summed E-state index contributed by atoms with van der Waals surface area (Å²) in [7, 11) is 3.92. The van der Waals surface area contributed by atoms with Crippen LogP contribution in [0.5, 0.6) is 0 Å². The first kappa shape index (κ1) is 14.9. The third-order valence-electron chi connectivity index (χ3n) is 3.71. The molecule has 102 valence electrons. The molecule has 17 heavy (non-hydrogen) atoms. The monoisotopic (exact) mass is 244 g/mol. The summed E-state index contributed by atoms with van der Waals surface area (Å²) in [6, 6.07) is 0. The molecule has 1 rings (SSSR count). The van der Waals surface area contributed by atoms with Gasteiger partial charge in [-0.05, 0) is 26.9 Å². The van der Waals surface area contributed by atoms with E-state index >= 15 is 0 Å². The molecule has 0 amide bonds. The zero-order valence-corrected chi connectivity index (χ0v) is 11.3. The van der Waals surface area contributed by atoms with Crippen molar-refractivity contribution >= 4 is 0 Å². The quantitative estimate of drug-likeness (QED) is 0.608. The summed E-state index contributed by atoms with van der Waals surface area (Å²) >= 11 is 0. The van der Waals surface area contributed by atoms with Crippen LogP contribution in [0.15, 0.2) is 0 Å². The molecule has 4 nitrogen and oxygen atoms in total. The van der Waals surface area contributed by atoms with Crippen molar-refractivity contribution in [3.8, 4) is 0 Å². The number of likely N-dealkylation sites (N-methyl/N-ethyl adjacent to an activating group) is 1. The van der Waals surface area contributed by atoms with E-state index in [0.717, 1.165) is 19.4 Å². The number of aliphatic hydroxyl groups is 2. The lowest BCUT2D eigenvalue weighted by Gasteiger charge is -2.36. The second kappa shape index (κ2) is 7.31. The molecule has 0 saturated heterocycles. The molecule has 0 radical (unpaired) electrons. The van der Waals surface area contributed by atoms with E-state index in [9.17, 15) is 10.2 Å². The third kappa shape index (κ3) is 5.34. The number of nitrogens with one attached hydrogen (secondary N) is 1. The summed E-state index contributed by atoms with van der Waals surface area (Å²) < 4.78 is 0. The maximum atomic E-state index is 9.74. The Bertz CT molecular complexity index is 204. The lowest BCUT2D eigenvalue weighted by molar-refractivity contribution is 0.0730. The van der Waals surface area contributed by atoms with Gasteiger partial charge in [0, 0.05) is 31.7 Å². The highest BCUT2D eigenvalue weighted by Gasteiger charge is 2.30. The van der Waals surface area contributed by atoms with Crippen LogP contribution < -0.4 is 5.32 Å². The zero-order chi connectivity index (χ0) is 12.7. The molecule has 1 aliphatic rings. The van der Waals surface area contributed by atoms with Gasteiger partial charge in [-0.3, -0.25) is 0 Å². The molecule has 0 aromatic rings. The minimum Gasteiger partial charge on any atom is -0.396 e. The van der Waals surface area contributed by atoms with Crippen molar-refractivity contribution in [1.82, 2.24) is 10.2 Å². The SMILES string of the molecule is CN(C)CC(O)CNCC1(CO)CCCCC1. The van der Waals surface area contributed by atoms with Crippen molar-refractivity contribution in [1.29, 1.82) is 0 Å². The summed E-state index contributed by atoms with van der Waals surface area (Å²) in [4.78, 5) is 1.98. The van der Waals surface area contributed by atoms with E-state index in [1.165, 1.54) is 19.3 Å². The van der Waals surface area contributed by atoms with Crippen molar-refractivity contribution < 1.29 is 10.2 Å². The Morgan fingerprint density at radius 2 is 1.88 bits per heavy atom. The minimum atomic E-state index is -0.329. The molecule has 1 aliphatic carbocycles. The van der Waals surface area contributed by atoms with E-state index in [2.05, 4.69) is 5.32 Å². The summed E-state index contributed by atoms with van der Waals surface area (Å²) in [6.07, 6.45) is 5.64. The Hall–Kier alpha value is -0.160. The molecule has 1 saturated carbocycles. The van der Waals surface area contributed by atoms with E-state index in [0.29, 0.717) is 13.1 Å². The van der Waals surface area contributed by atoms with Gasteiger partial charge in [0.1, 0.15) is 0 Å². The number of hydrogen-bond donors (Lipinski definition) is 3. The van der Waals surface area contributed by atoms with Crippen LogP contribution in [0.25, 0.3) is 0 Å². The summed E-state index contributed by atoms with van der Waals surface area (Å²) in [5.41, 5.74) is 0.0656. The second-order valence-electron chi connectivity index (χ2n) is 5.77. The zero-order valence-electron chi connectivity index (χ0n) is 11.3. The molecule has 0 bridgehead atoms. The Kier molecular flexibility index (Phi) is 6.41. The number of rotatable bonds is 7. The first-order chi connectivity index (χ1) is 8.08. The molecule has 0 aliphatic heterocycles. The van der Waals surface area contributed by atoms with Gasteiger partial charge < -0.3 is 20.4 Å². The molecular weight excluding hydrogens is 216 g/mol. The van der Waals surface area contributed by atoms with E-state index in [1.54, 1.807) is 0 Å². The van der Waals surface area contributed by atoms with Crippen molar-refractivity contribution in [2.45, 2.75) is 38.2 Å². The van der Waals surface area contributed by atoms with Gasteiger partial charge in [-0.1, -0.05) is 19.3 Å². The van der Waals surface area contributed by atoms with Gasteiger partial charge in [0.05, 0.1) is 6.10 Å². The van der Waals surface area contributed by atoms with Gasteiger partial charge in [-0.15, -0.1) is 0 Å². The van der Waals surface area contributed by atoms with E-state index < -0.39 is 0 Å². The van der Waals surface area contributed by atoms with Crippen LogP contribution in [-0.4, -0.2) is 61.6 Å². The molecule has 3 N–H and O–H groups in total. The summed E-state index contributed by atoms with van der Waals surface area (Å²) in [5, 5.41) is 22.6. The van der Waals surface area contributed by atoms with Crippen molar-refractivity contribution in [2.24, 2.45) is 5.41 Å². The lowest BCUT2D eigenvalue weighted by atomic mass is 9.74. The molecule has 1 unspecified atom stereocenters. The lowest BCUT2D eigenvalue weighted by Crippen LogP contribution is -2.43. The smallest absolute Gasteiger partial charge is 0.0791 e. The fourth-order valence-electron chi connectivity index (χ4n) is 2.68. The Morgan fingerprint density at radius 1 is 1.24 bits per heavy atom. The topological polar surface area (TPSA) is 55.7 Å². The Morgan fingerprint density at radius 3 is 2.41 bits per heavy atom. The fourth-order valence-corrected chi connectivity index (χ4v) is 2.68. The molecule has 4 heteroatoms. The average Bonchev–Trinajstić information content (AvgIpc) is 2.29. The fraction of sp³-hybridized carbons (Fsp3) is 1.00. The largest absolute Gasteiger partial charge is 0.396 e. The van der Waals surface area contributed by atoms with Crippen molar-refractivity contribution in [3.05, 3.63) is 0 Å². The third-order valence-corrected chi connectivity index (χ3v) is 3.71. The molecule has 1 atom stereocenters. The van der Waals surface area contributed by atoms with Gasteiger partial charge in [0.2, 0.25) is 0 Å². The van der Waals surface area contributed by atoms with E-state index in [1.807, 2.05) is 19.0 Å². The van der Waals surface area contributed by atoms with Gasteiger partial charge in [-0.2, -0.15) is 0 Å². The van der Waals surface area contributed by atoms with E-state index in [4.69, 9.17) is 0 Å². The highest BCUT2D eigenvalue weighted by Crippen LogP contribution is 2.35. The molecule has 0 aromatic heterocycles. The van der Waals surface area contributed by atoms with Crippen LogP contribution in [0, 0.1) is 5.41 Å². The molecule has 0 aromatic carbocycles. The van der Waals surface area contributed by atoms with Crippen LogP contribution in [0.2, 0.25) is 0 Å². The maximum Gasteiger partial charge on any atom is 0.0791 e. The van der Waals surface area contributed by atoms with Crippen molar-refractivity contribution in [2.75, 3.05) is 40.3 Å². The highest BCUT2D eigenvalue weighted by molar-refractivity contribution is 4.84. The number of hydrogen-bond acceptors (Lipinski definition) is 4. The summed E-state index contributed by atoms with van der Waals surface area (Å²) in [6.45, 7) is 2.39. The maximum absolute atomic E-state index is 9.74. The van der Waals surface area contributed by atoms with Crippen molar-refractivity contribution in [3.63, 3.8) is 0 Å². The molecular formula is C13H28N2O2. The van der Waals surface area contributed by atoms with Gasteiger partial charge in [-0.25, -0.2) is 0 Å². The second-order valence-corrected chi connectivity index (χ2v) is 5.77. The van der Waals surface area contributed by atoms with Crippen LogP contribution in [0.3, 0.4) is 0 Å². The molecule has 0 heterocycles. The van der Waals surface area contributed by atoms with Gasteiger partial charge in [0.15, 0.2) is 0 Å².